The lowest BCUT2D eigenvalue weighted by Crippen LogP contribution is -2.37. The van der Waals surface area contributed by atoms with E-state index in [2.05, 4.69) is 9.97 Å². The van der Waals surface area contributed by atoms with Crippen LogP contribution in [-0.4, -0.2) is 61.6 Å². The predicted molar refractivity (Wildman–Crippen MR) is 97.3 cm³/mol. The van der Waals surface area contributed by atoms with Crippen molar-refractivity contribution in [1.29, 1.82) is 0 Å². The zero-order valence-electron chi connectivity index (χ0n) is 14.5. The number of sulfonamides is 2. The summed E-state index contributed by atoms with van der Waals surface area (Å²) in [6.45, 7) is 2.79. The van der Waals surface area contributed by atoms with Crippen molar-refractivity contribution >= 4 is 20.0 Å². The van der Waals surface area contributed by atoms with Gasteiger partial charge in [-0.15, -0.1) is 0 Å². The van der Waals surface area contributed by atoms with Crippen molar-refractivity contribution in [3.05, 3.63) is 47.9 Å². The second kappa shape index (κ2) is 7.47. The molecule has 1 aliphatic heterocycles. The summed E-state index contributed by atoms with van der Waals surface area (Å²) in [7, 11) is -7.18. The quantitative estimate of drug-likeness (QED) is 0.807. The second-order valence-corrected chi connectivity index (χ2v) is 10.2. The van der Waals surface area contributed by atoms with Crippen molar-refractivity contribution in [3.8, 4) is 0 Å². The standard InChI is InChI=1S/C16H22N4O4S2/c1-14-3-5-15(6-4-14)12-25(21,22)19-7-2-8-20(10-9-19)26(23,24)16-11-17-13-18-16/h3-6,11,13H,2,7-10,12H2,1H3,(H,17,18). The van der Waals surface area contributed by atoms with Crippen molar-refractivity contribution < 1.29 is 16.8 Å². The maximum atomic E-state index is 12.7. The molecule has 1 aromatic heterocycles. The van der Waals surface area contributed by atoms with Crippen molar-refractivity contribution in [2.75, 3.05) is 26.2 Å². The summed E-state index contributed by atoms with van der Waals surface area (Å²) in [5, 5.41) is 0.0217. The van der Waals surface area contributed by atoms with Gasteiger partial charge in [0.05, 0.1) is 18.3 Å². The molecule has 1 fully saturated rings. The minimum Gasteiger partial charge on any atom is -0.335 e. The molecule has 1 saturated heterocycles. The third-order valence-electron chi connectivity index (χ3n) is 4.37. The molecule has 0 bridgehead atoms. The van der Waals surface area contributed by atoms with Gasteiger partial charge in [-0.05, 0) is 18.9 Å². The highest BCUT2D eigenvalue weighted by molar-refractivity contribution is 7.89. The molecule has 0 saturated carbocycles. The Morgan fingerprint density at radius 3 is 2.31 bits per heavy atom. The van der Waals surface area contributed by atoms with Crippen LogP contribution in [0.25, 0.3) is 0 Å². The Morgan fingerprint density at radius 2 is 1.65 bits per heavy atom. The van der Waals surface area contributed by atoms with Crippen LogP contribution in [0.5, 0.6) is 0 Å². The van der Waals surface area contributed by atoms with Crippen LogP contribution in [0.2, 0.25) is 0 Å². The fourth-order valence-corrected chi connectivity index (χ4v) is 5.83. The molecule has 0 radical (unpaired) electrons. The highest BCUT2D eigenvalue weighted by Crippen LogP contribution is 2.18. The van der Waals surface area contributed by atoms with Crippen LogP contribution >= 0.6 is 0 Å². The molecule has 10 heteroatoms. The number of aryl methyl sites for hydroxylation is 1. The predicted octanol–water partition coefficient (Wildman–Crippen LogP) is 0.945. The van der Waals surface area contributed by atoms with Gasteiger partial charge in [-0.1, -0.05) is 29.8 Å². The molecule has 0 amide bonds. The highest BCUT2D eigenvalue weighted by atomic mass is 32.2. The summed E-state index contributed by atoms with van der Waals surface area (Å²) in [5.74, 6) is -0.0828. The minimum absolute atomic E-state index is 0.0217. The molecule has 26 heavy (non-hydrogen) atoms. The molecular weight excluding hydrogens is 376 g/mol. The summed E-state index contributed by atoms with van der Waals surface area (Å²) < 4.78 is 53.3. The lowest BCUT2D eigenvalue weighted by atomic mass is 10.2. The van der Waals surface area contributed by atoms with E-state index in [0.717, 1.165) is 11.1 Å². The van der Waals surface area contributed by atoms with Gasteiger partial charge in [0.2, 0.25) is 10.0 Å². The number of aromatic nitrogens is 2. The maximum absolute atomic E-state index is 12.7. The molecule has 2 aromatic rings. The summed E-state index contributed by atoms with van der Waals surface area (Å²) >= 11 is 0. The molecule has 0 atom stereocenters. The Hall–Kier alpha value is -1.75. The molecule has 8 nitrogen and oxygen atoms in total. The normalized spacial score (nSPS) is 17.9. The van der Waals surface area contributed by atoms with E-state index in [1.54, 1.807) is 12.1 Å². The first-order chi connectivity index (χ1) is 12.3. The van der Waals surface area contributed by atoms with Gasteiger partial charge >= 0.3 is 0 Å². The smallest absolute Gasteiger partial charge is 0.260 e. The molecule has 0 aliphatic carbocycles. The molecule has 3 rings (SSSR count). The second-order valence-electron chi connectivity index (χ2n) is 6.31. The number of benzene rings is 1. The van der Waals surface area contributed by atoms with Crippen molar-refractivity contribution in [2.24, 2.45) is 0 Å². The summed E-state index contributed by atoms with van der Waals surface area (Å²) in [4.78, 5) is 6.35. The van der Waals surface area contributed by atoms with Crippen LogP contribution in [0.15, 0.2) is 41.8 Å². The number of H-pyrrole nitrogens is 1. The number of hydrogen-bond acceptors (Lipinski definition) is 5. The van der Waals surface area contributed by atoms with Crippen LogP contribution < -0.4 is 0 Å². The van der Waals surface area contributed by atoms with Gasteiger partial charge in [0, 0.05) is 26.2 Å². The first-order valence-electron chi connectivity index (χ1n) is 8.31. The molecule has 0 unspecified atom stereocenters. The van der Waals surface area contributed by atoms with Gasteiger partial charge in [0.1, 0.15) is 0 Å². The summed E-state index contributed by atoms with van der Waals surface area (Å²) in [5.41, 5.74) is 1.79. The zero-order chi connectivity index (χ0) is 18.8. The van der Waals surface area contributed by atoms with Gasteiger partial charge < -0.3 is 4.98 Å². The van der Waals surface area contributed by atoms with Gasteiger partial charge in [-0.25, -0.2) is 26.1 Å². The molecular formula is C16H22N4O4S2. The molecule has 1 N–H and O–H groups in total. The van der Waals surface area contributed by atoms with Gasteiger partial charge in [0.15, 0.2) is 5.03 Å². The number of rotatable bonds is 5. The Labute approximate surface area is 154 Å². The lowest BCUT2D eigenvalue weighted by molar-refractivity contribution is 0.403. The summed E-state index contributed by atoms with van der Waals surface area (Å²) in [6.07, 6.45) is 3.01. The minimum atomic E-state index is -3.68. The largest absolute Gasteiger partial charge is 0.335 e. The topological polar surface area (TPSA) is 103 Å². The van der Waals surface area contributed by atoms with E-state index in [9.17, 15) is 16.8 Å². The number of hydrogen-bond donors (Lipinski definition) is 1. The molecule has 0 spiro atoms. The van der Waals surface area contributed by atoms with E-state index in [-0.39, 0.29) is 30.4 Å². The van der Waals surface area contributed by atoms with Crippen molar-refractivity contribution in [1.82, 2.24) is 18.6 Å². The number of aromatic amines is 1. The third-order valence-corrected chi connectivity index (χ3v) is 8.04. The van der Waals surface area contributed by atoms with E-state index < -0.39 is 20.0 Å². The Balaban J connectivity index is 1.70. The first kappa shape index (κ1) is 19.0. The lowest BCUT2D eigenvalue weighted by Gasteiger charge is -2.21. The maximum Gasteiger partial charge on any atom is 0.260 e. The van der Waals surface area contributed by atoms with Gasteiger partial charge in [-0.2, -0.15) is 4.31 Å². The molecule has 1 aromatic carbocycles. The fourth-order valence-electron chi connectivity index (χ4n) is 2.90. The monoisotopic (exact) mass is 398 g/mol. The van der Waals surface area contributed by atoms with E-state index >= 15 is 0 Å². The Morgan fingerprint density at radius 1 is 1.00 bits per heavy atom. The molecule has 1 aliphatic rings. The fraction of sp³-hybridized carbons (Fsp3) is 0.438. The zero-order valence-corrected chi connectivity index (χ0v) is 16.1. The average Bonchev–Trinajstić information content (AvgIpc) is 3.01. The molecule has 142 valence electrons. The first-order valence-corrected chi connectivity index (χ1v) is 11.4. The van der Waals surface area contributed by atoms with E-state index in [1.807, 2.05) is 19.1 Å². The molecule has 2 heterocycles. The summed E-state index contributed by atoms with van der Waals surface area (Å²) in [6, 6.07) is 7.37. The van der Waals surface area contributed by atoms with Gasteiger partial charge in [-0.3, -0.25) is 0 Å². The SMILES string of the molecule is Cc1ccc(CS(=O)(=O)N2CCCN(S(=O)(=O)c3cnc[nH]3)CC2)cc1. The van der Waals surface area contributed by atoms with Crippen molar-refractivity contribution in [2.45, 2.75) is 24.1 Å². The number of nitrogens with zero attached hydrogens (tertiary/aromatic N) is 3. The number of imidazole rings is 1. The van der Waals surface area contributed by atoms with Gasteiger partial charge in [0.25, 0.3) is 10.0 Å². The Bertz CT molecular complexity index is 939. The Kier molecular flexibility index (Phi) is 5.47. The third kappa shape index (κ3) is 4.14. The van der Waals surface area contributed by atoms with E-state index in [0.29, 0.717) is 13.0 Å². The highest BCUT2D eigenvalue weighted by Gasteiger charge is 2.31. The number of nitrogens with one attached hydrogen (secondary N) is 1. The van der Waals surface area contributed by atoms with Crippen LogP contribution in [0.1, 0.15) is 17.5 Å². The van der Waals surface area contributed by atoms with Crippen LogP contribution in [0, 0.1) is 6.92 Å². The van der Waals surface area contributed by atoms with Crippen molar-refractivity contribution in [3.63, 3.8) is 0 Å². The van der Waals surface area contributed by atoms with Crippen LogP contribution in [0.3, 0.4) is 0 Å². The van der Waals surface area contributed by atoms with Crippen LogP contribution in [0.4, 0.5) is 0 Å². The average molecular weight is 399 g/mol. The van der Waals surface area contributed by atoms with Crippen LogP contribution in [-0.2, 0) is 25.8 Å². The van der Waals surface area contributed by atoms with E-state index in [1.165, 1.54) is 21.1 Å². The van der Waals surface area contributed by atoms with E-state index in [4.69, 9.17) is 0 Å².